The second kappa shape index (κ2) is 11.2. The second-order valence-corrected chi connectivity index (χ2v) is 7.54. The molecule has 1 saturated heterocycles. The Balaban J connectivity index is 1.58. The minimum absolute atomic E-state index is 0.464. The lowest BCUT2D eigenvalue weighted by Gasteiger charge is -2.32. The molecule has 1 aromatic rings. The smallest absolute Gasteiger partial charge is 0.190 e. The first-order valence-electron chi connectivity index (χ1n) is 10.0. The van der Waals surface area contributed by atoms with Crippen LogP contribution in [0.1, 0.15) is 36.8 Å². The van der Waals surface area contributed by atoms with E-state index in [4.69, 9.17) is 0 Å². The molecule has 26 heavy (non-hydrogen) atoms. The molecule has 146 valence electrons. The normalized spacial score (nSPS) is 17.9. The van der Waals surface area contributed by atoms with E-state index in [0.717, 1.165) is 19.0 Å². The monoisotopic (exact) mass is 359 g/mol. The van der Waals surface area contributed by atoms with Crippen molar-refractivity contribution in [3.63, 3.8) is 0 Å². The van der Waals surface area contributed by atoms with Crippen LogP contribution >= 0.6 is 0 Å². The molecule has 1 atom stereocenters. The Bertz CT molecular complexity index is 532. The molecule has 1 aromatic carbocycles. The van der Waals surface area contributed by atoms with Crippen LogP contribution in [0.4, 0.5) is 0 Å². The number of aryl methyl sites for hydroxylation is 1. The van der Waals surface area contributed by atoms with Crippen LogP contribution in [0.5, 0.6) is 0 Å². The second-order valence-electron chi connectivity index (χ2n) is 7.54. The Morgan fingerprint density at radius 3 is 2.42 bits per heavy atom. The Morgan fingerprint density at radius 1 is 1.08 bits per heavy atom. The van der Waals surface area contributed by atoms with Gasteiger partial charge in [0.2, 0.25) is 0 Å². The number of piperazine rings is 1. The number of likely N-dealkylation sites (N-methyl/N-ethyl adjacent to an activating group) is 1. The first kappa shape index (κ1) is 20.7. The van der Waals surface area contributed by atoms with E-state index in [1.165, 1.54) is 56.7 Å². The maximum atomic E-state index is 4.34. The van der Waals surface area contributed by atoms with Crippen LogP contribution in [-0.4, -0.2) is 75.7 Å². The summed E-state index contributed by atoms with van der Waals surface area (Å²) in [5, 5.41) is 6.89. The lowest BCUT2D eigenvalue weighted by molar-refractivity contribution is 0.152. The van der Waals surface area contributed by atoms with Crippen molar-refractivity contribution in [2.24, 2.45) is 4.99 Å². The third-order valence-corrected chi connectivity index (χ3v) is 5.24. The van der Waals surface area contributed by atoms with E-state index in [2.05, 4.69) is 70.6 Å². The van der Waals surface area contributed by atoms with Gasteiger partial charge in [-0.05, 0) is 44.8 Å². The minimum atomic E-state index is 0.464. The number of benzene rings is 1. The van der Waals surface area contributed by atoms with Crippen molar-refractivity contribution in [1.82, 2.24) is 20.4 Å². The fourth-order valence-electron chi connectivity index (χ4n) is 3.22. The van der Waals surface area contributed by atoms with E-state index >= 15 is 0 Å². The highest BCUT2D eigenvalue weighted by Crippen LogP contribution is 2.14. The Kier molecular flexibility index (Phi) is 8.92. The predicted molar refractivity (Wildman–Crippen MR) is 112 cm³/mol. The topological polar surface area (TPSA) is 42.9 Å². The predicted octanol–water partition coefficient (Wildman–Crippen LogP) is 2.29. The summed E-state index contributed by atoms with van der Waals surface area (Å²) in [4.78, 5) is 9.33. The van der Waals surface area contributed by atoms with Gasteiger partial charge >= 0.3 is 0 Å². The van der Waals surface area contributed by atoms with Crippen LogP contribution in [0.3, 0.4) is 0 Å². The number of rotatable bonds is 8. The summed E-state index contributed by atoms with van der Waals surface area (Å²) in [7, 11) is 4.05. The van der Waals surface area contributed by atoms with E-state index in [1.807, 2.05) is 7.05 Å². The standard InChI is InChI=1S/C21H37N5/c1-18-7-9-20(10-8-18)19(2)17-24-21(22-3)23-11-5-6-12-26-15-13-25(4)14-16-26/h7-10,19H,5-6,11-17H2,1-4H3,(H2,22,23,24). The summed E-state index contributed by atoms with van der Waals surface area (Å²) >= 11 is 0. The molecule has 0 spiro atoms. The molecule has 0 aliphatic carbocycles. The van der Waals surface area contributed by atoms with Gasteiger partial charge in [0.05, 0.1) is 0 Å². The van der Waals surface area contributed by atoms with Gasteiger partial charge in [-0.25, -0.2) is 0 Å². The van der Waals surface area contributed by atoms with Gasteiger partial charge < -0.3 is 20.4 Å². The van der Waals surface area contributed by atoms with Gasteiger partial charge in [-0.15, -0.1) is 0 Å². The van der Waals surface area contributed by atoms with Crippen LogP contribution in [0.15, 0.2) is 29.3 Å². The van der Waals surface area contributed by atoms with Crippen molar-refractivity contribution in [3.05, 3.63) is 35.4 Å². The SMILES string of the molecule is CN=C(NCCCCN1CCN(C)CC1)NCC(C)c1ccc(C)cc1. The van der Waals surface area contributed by atoms with Gasteiger partial charge in [0.15, 0.2) is 5.96 Å². The van der Waals surface area contributed by atoms with Gasteiger partial charge in [0.25, 0.3) is 0 Å². The number of hydrogen-bond acceptors (Lipinski definition) is 3. The highest BCUT2D eigenvalue weighted by atomic mass is 15.2. The average Bonchev–Trinajstić information content (AvgIpc) is 2.65. The maximum Gasteiger partial charge on any atom is 0.190 e. The molecule has 0 radical (unpaired) electrons. The number of aliphatic imine (C=N–C) groups is 1. The van der Waals surface area contributed by atoms with E-state index in [-0.39, 0.29) is 0 Å². The number of nitrogens with zero attached hydrogens (tertiary/aromatic N) is 3. The van der Waals surface area contributed by atoms with Crippen molar-refractivity contribution in [2.45, 2.75) is 32.6 Å². The van der Waals surface area contributed by atoms with Crippen molar-refractivity contribution >= 4 is 5.96 Å². The summed E-state index contributed by atoms with van der Waals surface area (Å²) in [6.07, 6.45) is 2.42. The third kappa shape index (κ3) is 7.34. The summed E-state index contributed by atoms with van der Waals surface area (Å²) < 4.78 is 0. The van der Waals surface area contributed by atoms with E-state index in [0.29, 0.717) is 5.92 Å². The van der Waals surface area contributed by atoms with Gasteiger partial charge in [-0.2, -0.15) is 0 Å². The molecule has 0 saturated carbocycles. The largest absolute Gasteiger partial charge is 0.356 e. The molecule has 1 fully saturated rings. The summed E-state index contributed by atoms with van der Waals surface area (Å²) in [6.45, 7) is 12.3. The molecule has 2 rings (SSSR count). The zero-order valence-corrected chi connectivity index (χ0v) is 17.1. The Hall–Kier alpha value is -1.59. The highest BCUT2D eigenvalue weighted by Gasteiger charge is 2.12. The van der Waals surface area contributed by atoms with Gasteiger partial charge in [0.1, 0.15) is 0 Å². The molecule has 2 N–H and O–H groups in total. The molecular weight excluding hydrogens is 322 g/mol. The fourth-order valence-corrected chi connectivity index (χ4v) is 3.22. The van der Waals surface area contributed by atoms with Crippen molar-refractivity contribution in [1.29, 1.82) is 0 Å². The van der Waals surface area contributed by atoms with E-state index in [1.54, 1.807) is 0 Å². The first-order valence-corrected chi connectivity index (χ1v) is 10.0. The Labute approximate surface area is 159 Å². The minimum Gasteiger partial charge on any atom is -0.356 e. The molecule has 1 unspecified atom stereocenters. The molecule has 5 nitrogen and oxygen atoms in total. The molecule has 1 aliphatic heterocycles. The quantitative estimate of drug-likeness (QED) is 0.425. The van der Waals surface area contributed by atoms with Gasteiger partial charge in [0, 0.05) is 46.3 Å². The van der Waals surface area contributed by atoms with Crippen LogP contribution in [0.2, 0.25) is 0 Å². The van der Waals surface area contributed by atoms with Crippen LogP contribution in [0.25, 0.3) is 0 Å². The lowest BCUT2D eigenvalue weighted by atomic mass is 10.0. The number of nitrogens with one attached hydrogen (secondary N) is 2. The molecule has 0 amide bonds. The molecule has 0 bridgehead atoms. The first-order chi connectivity index (χ1) is 12.6. The number of hydrogen-bond donors (Lipinski definition) is 2. The fraction of sp³-hybridized carbons (Fsp3) is 0.667. The van der Waals surface area contributed by atoms with Crippen LogP contribution in [0, 0.1) is 6.92 Å². The summed E-state index contributed by atoms with van der Waals surface area (Å²) in [5.41, 5.74) is 2.67. The molecule has 1 aliphatic rings. The average molecular weight is 360 g/mol. The van der Waals surface area contributed by atoms with E-state index < -0.39 is 0 Å². The summed E-state index contributed by atoms with van der Waals surface area (Å²) in [5.74, 6) is 1.37. The van der Waals surface area contributed by atoms with Gasteiger partial charge in [-0.1, -0.05) is 36.8 Å². The molecule has 1 heterocycles. The van der Waals surface area contributed by atoms with Gasteiger partial charge in [-0.3, -0.25) is 4.99 Å². The maximum absolute atomic E-state index is 4.34. The molecular formula is C21H37N5. The molecule has 5 heteroatoms. The van der Waals surface area contributed by atoms with E-state index in [9.17, 15) is 0 Å². The number of guanidine groups is 1. The van der Waals surface area contributed by atoms with Crippen molar-refractivity contribution < 1.29 is 0 Å². The highest BCUT2D eigenvalue weighted by molar-refractivity contribution is 5.79. The third-order valence-electron chi connectivity index (χ3n) is 5.24. The van der Waals surface area contributed by atoms with Crippen LogP contribution in [-0.2, 0) is 0 Å². The zero-order valence-electron chi connectivity index (χ0n) is 17.1. The van der Waals surface area contributed by atoms with Crippen molar-refractivity contribution in [2.75, 3.05) is 59.9 Å². The Morgan fingerprint density at radius 2 is 1.77 bits per heavy atom. The molecule has 0 aromatic heterocycles. The lowest BCUT2D eigenvalue weighted by Crippen LogP contribution is -2.44. The summed E-state index contributed by atoms with van der Waals surface area (Å²) in [6, 6.07) is 8.80. The van der Waals surface area contributed by atoms with Crippen molar-refractivity contribution in [3.8, 4) is 0 Å². The van der Waals surface area contributed by atoms with Crippen LogP contribution < -0.4 is 10.6 Å². The number of unbranched alkanes of at least 4 members (excludes halogenated alkanes) is 1. The zero-order chi connectivity index (χ0) is 18.8.